The van der Waals surface area contributed by atoms with Crippen LogP contribution in [0.15, 0.2) is 18.2 Å². The molecule has 0 radical (unpaired) electrons. The number of hydrogen-bond donors (Lipinski definition) is 1. The Morgan fingerprint density at radius 3 is 2.43 bits per heavy atom. The standard InChI is InChI=1S/C19H25N3O6/c1-12-7-5-8-13(2)17(12)20-19(26)22(16(24)11-28-14(3)23)21-10-6-9-15(21)18(25)27-4/h5,7-8,15H,6,9-11H2,1-4H3,(H,20,26)/t15-/m0/s1. The van der Waals surface area contributed by atoms with E-state index in [2.05, 4.69) is 5.32 Å². The van der Waals surface area contributed by atoms with Gasteiger partial charge in [-0.2, -0.15) is 10.0 Å². The van der Waals surface area contributed by atoms with Crippen LogP contribution in [-0.2, 0) is 23.9 Å². The van der Waals surface area contributed by atoms with Crippen molar-refractivity contribution < 1.29 is 28.7 Å². The van der Waals surface area contributed by atoms with Gasteiger partial charge in [-0.1, -0.05) is 18.2 Å². The molecule has 1 aliphatic rings. The number of ether oxygens (including phenoxy) is 2. The van der Waals surface area contributed by atoms with E-state index in [-0.39, 0.29) is 0 Å². The predicted octanol–water partition coefficient (Wildman–Crippen LogP) is 1.78. The average Bonchev–Trinajstić information content (AvgIpc) is 3.12. The van der Waals surface area contributed by atoms with Crippen LogP contribution in [0.25, 0.3) is 0 Å². The summed E-state index contributed by atoms with van der Waals surface area (Å²) in [6.07, 6.45) is 1.05. The second-order valence-corrected chi connectivity index (χ2v) is 6.53. The van der Waals surface area contributed by atoms with Gasteiger partial charge < -0.3 is 14.8 Å². The zero-order chi connectivity index (χ0) is 20.8. The summed E-state index contributed by atoms with van der Waals surface area (Å²) in [5, 5.41) is 4.93. The first-order valence-electron chi connectivity index (χ1n) is 8.94. The van der Waals surface area contributed by atoms with Gasteiger partial charge in [-0.3, -0.25) is 14.4 Å². The molecule has 1 aliphatic heterocycles. The van der Waals surface area contributed by atoms with Crippen molar-refractivity contribution in [3.05, 3.63) is 29.3 Å². The van der Waals surface area contributed by atoms with Crippen LogP contribution in [0.3, 0.4) is 0 Å². The zero-order valence-electron chi connectivity index (χ0n) is 16.5. The van der Waals surface area contributed by atoms with E-state index in [4.69, 9.17) is 9.47 Å². The van der Waals surface area contributed by atoms with Gasteiger partial charge in [0.2, 0.25) is 0 Å². The van der Waals surface area contributed by atoms with Crippen molar-refractivity contribution in [1.82, 2.24) is 10.0 Å². The lowest BCUT2D eigenvalue weighted by molar-refractivity contribution is -0.162. The van der Waals surface area contributed by atoms with Gasteiger partial charge in [0.05, 0.1) is 7.11 Å². The number of imide groups is 1. The molecule has 0 aliphatic carbocycles. The maximum Gasteiger partial charge on any atom is 0.343 e. The topological polar surface area (TPSA) is 105 Å². The lowest BCUT2D eigenvalue weighted by Gasteiger charge is -2.33. The van der Waals surface area contributed by atoms with Gasteiger partial charge in [0, 0.05) is 19.2 Å². The Balaban J connectivity index is 2.31. The Bertz CT molecular complexity index is 759. The Morgan fingerprint density at radius 1 is 1.21 bits per heavy atom. The van der Waals surface area contributed by atoms with Crippen LogP contribution in [0, 0.1) is 13.8 Å². The van der Waals surface area contributed by atoms with Crippen molar-refractivity contribution in [3.63, 3.8) is 0 Å². The van der Waals surface area contributed by atoms with Crippen LogP contribution >= 0.6 is 0 Å². The van der Waals surface area contributed by atoms with Gasteiger partial charge in [0.25, 0.3) is 5.91 Å². The number of nitrogens with zero attached hydrogens (tertiary/aromatic N) is 2. The minimum atomic E-state index is -0.769. The number of hydrazine groups is 1. The maximum absolute atomic E-state index is 13.0. The third kappa shape index (κ3) is 4.86. The van der Waals surface area contributed by atoms with E-state index in [1.165, 1.54) is 19.0 Å². The quantitative estimate of drug-likeness (QED) is 0.763. The predicted molar refractivity (Wildman–Crippen MR) is 100 cm³/mol. The molecule has 9 heteroatoms. The number of methoxy groups -OCH3 is 1. The van der Waals surface area contributed by atoms with Crippen molar-refractivity contribution in [1.29, 1.82) is 0 Å². The van der Waals surface area contributed by atoms with E-state index < -0.39 is 36.5 Å². The molecule has 0 bridgehead atoms. The first-order valence-corrected chi connectivity index (χ1v) is 8.94. The number of hydrogen-bond acceptors (Lipinski definition) is 7. The molecule has 1 heterocycles. The van der Waals surface area contributed by atoms with Gasteiger partial charge in [-0.15, -0.1) is 0 Å². The summed E-state index contributed by atoms with van der Waals surface area (Å²) in [5.41, 5.74) is 2.23. The summed E-state index contributed by atoms with van der Waals surface area (Å²) >= 11 is 0. The fourth-order valence-electron chi connectivity index (χ4n) is 3.14. The van der Waals surface area contributed by atoms with E-state index in [0.29, 0.717) is 25.1 Å². The highest BCUT2D eigenvalue weighted by Gasteiger charge is 2.40. The number of aryl methyl sites for hydroxylation is 2. The van der Waals surface area contributed by atoms with Crippen molar-refractivity contribution in [3.8, 4) is 0 Å². The summed E-state index contributed by atoms with van der Waals surface area (Å²) in [6, 6.07) is 4.03. The number of nitrogens with one attached hydrogen (secondary N) is 1. The first kappa shape index (κ1) is 21.4. The van der Waals surface area contributed by atoms with Gasteiger partial charge in [-0.25, -0.2) is 4.79 Å². The smallest absolute Gasteiger partial charge is 0.343 e. The number of rotatable bonds is 5. The molecule has 1 aromatic carbocycles. The molecule has 1 N–H and O–H groups in total. The van der Waals surface area contributed by atoms with Gasteiger partial charge >= 0.3 is 18.0 Å². The van der Waals surface area contributed by atoms with E-state index in [0.717, 1.165) is 16.1 Å². The monoisotopic (exact) mass is 391 g/mol. The van der Waals surface area contributed by atoms with Crippen molar-refractivity contribution in [2.45, 2.75) is 39.7 Å². The number of anilines is 1. The molecule has 1 aromatic rings. The van der Waals surface area contributed by atoms with Crippen molar-refractivity contribution in [2.24, 2.45) is 0 Å². The van der Waals surface area contributed by atoms with Crippen LogP contribution in [-0.4, -0.2) is 60.2 Å². The Labute approximate surface area is 163 Å². The molecule has 1 fully saturated rings. The van der Waals surface area contributed by atoms with E-state index in [1.54, 1.807) is 0 Å². The van der Waals surface area contributed by atoms with Crippen LogP contribution in [0.2, 0.25) is 0 Å². The summed E-state index contributed by atoms with van der Waals surface area (Å²) in [5.74, 6) is -1.94. The summed E-state index contributed by atoms with van der Waals surface area (Å²) in [6.45, 7) is 4.54. The van der Waals surface area contributed by atoms with E-state index in [9.17, 15) is 19.2 Å². The lowest BCUT2D eigenvalue weighted by atomic mass is 10.1. The van der Waals surface area contributed by atoms with Crippen molar-refractivity contribution >= 4 is 29.6 Å². The van der Waals surface area contributed by atoms with Crippen molar-refractivity contribution in [2.75, 3.05) is 25.6 Å². The number of urea groups is 1. The molecule has 1 saturated heterocycles. The van der Waals surface area contributed by atoms with Crippen LogP contribution in [0.1, 0.15) is 30.9 Å². The molecule has 28 heavy (non-hydrogen) atoms. The second-order valence-electron chi connectivity index (χ2n) is 6.53. The third-order valence-corrected chi connectivity index (χ3v) is 4.50. The molecule has 3 amide bonds. The molecule has 0 spiro atoms. The summed E-state index contributed by atoms with van der Waals surface area (Å²) < 4.78 is 9.55. The molecular formula is C19H25N3O6. The van der Waals surface area contributed by atoms with E-state index >= 15 is 0 Å². The Kier molecular flexibility index (Phi) is 7.11. The molecule has 1 atom stereocenters. The third-order valence-electron chi connectivity index (χ3n) is 4.50. The highest BCUT2D eigenvalue weighted by atomic mass is 16.5. The first-order chi connectivity index (χ1) is 13.3. The Morgan fingerprint density at radius 2 is 1.86 bits per heavy atom. The van der Waals surface area contributed by atoms with Crippen LogP contribution in [0.5, 0.6) is 0 Å². The highest BCUT2D eigenvalue weighted by Crippen LogP contribution is 2.24. The van der Waals surface area contributed by atoms with Gasteiger partial charge in [0.1, 0.15) is 6.04 Å². The minimum absolute atomic E-state index is 0.311. The van der Waals surface area contributed by atoms with Crippen LogP contribution < -0.4 is 5.32 Å². The largest absolute Gasteiger partial charge is 0.468 e. The summed E-state index contributed by atoms with van der Waals surface area (Å²) in [7, 11) is 1.25. The lowest BCUT2D eigenvalue weighted by Crippen LogP contribution is -2.56. The molecule has 9 nitrogen and oxygen atoms in total. The fourth-order valence-corrected chi connectivity index (χ4v) is 3.14. The average molecular weight is 391 g/mol. The number of carbonyl (C=O) groups is 4. The molecule has 152 valence electrons. The zero-order valence-corrected chi connectivity index (χ0v) is 16.5. The normalized spacial score (nSPS) is 16.4. The SMILES string of the molecule is COC(=O)[C@@H]1CCCN1N(C(=O)COC(C)=O)C(=O)Nc1c(C)cccc1C. The minimum Gasteiger partial charge on any atom is -0.468 e. The maximum atomic E-state index is 13.0. The molecule has 0 saturated carbocycles. The molecule has 0 unspecified atom stereocenters. The molecule has 0 aromatic heterocycles. The highest BCUT2D eigenvalue weighted by molar-refractivity contribution is 6.02. The van der Waals surface area contributed by atoms with E-state index in [1.807, 2.05) is 32.0 Å². The number of carbonyl (C=O) groups excluding carboxylic acids is 4. The number of esters is 2. The van der Waals surface area contributed by atoms with Crippen LogP contribution in [0.4, 0.5) is 10.5 Å². The fraction of sp³-hybridized carbons (Fsp3) is 0.474. The summed E-state index contributed by atoms with van der Waals surface area (Å²) in [4.78, 5) is 48.9. The molecule has 2 rings (SSSR count). The second kappa shape index (κ2) is 9.32. The molecular weight excluding hydrogens is 366 g/mol. The van der Waals surface area contributed by atoms with Gasteiger partial charge in [-0.05, 0) is 37.8 Å². The Hall–Kier alpha value is -2.94. The number of benzene rings is 1. The van der Waals surface area contributed by atoms with Gasteiger partial charge in [0.15, 0.2) is 6.61 Å². The number of para-hydroxylation sites is 1. The number of amides is 3.